The number of hydrogen-bond donors (Lipinski definition) is 0. The number of hydrogen-bond acceptors (Lipinski definition) is 4. The lowest BCUT2D eigenvalue weighted by Gasteiger charge is -2.42. The first kappa shape index (κ1) is 13.2. The Labute approximate surface area is 117 Å². The number of thioether (sulfide) groups is 1. The van der Waals surface area contributed by atoms with Gasteiger partial charge in [-0.3, -0.25) is 0 Å². The molecule has 0 N–H and O–H groups in total. The lowest BCUT2D eigenvalue weighted by atomic mass is 10.1. The zero-order chi connectivity index (χ0) is 13.3. The summed E-state index contributed by atoms with van der Waals surface area (Å²) in [5, 5.41) is 0. The van der Waals surface area contributed by atoms with E-state index in [1.54, 1.807) is 11.8 Å². The van der Waals surface area contributed by atoms with Crippen LogP contribution < -0.4 is 0 Å². The van der Waals surface area contributed by atoms with Crippen LogP contribution in [0.25, 0.3) is 0 Å². The molecule has 1 fully saturated rings. The van der Waals surface area contributed by atoms with Crippen LogP contribution in [-0.4, -0.2) is 30.0 Å². The highest BCUT2D eigenvalue weighted by atomic mass is 32.2. The molecule has 0 amide bonds. The molecule has 1 aromatic carbocycles. The molecule has 0 aliphatic carbocycles. The Kier molecular flexibility index (Phi) is 3.67. The maximum atomic E-state index is 6.01. The molecule has 0 radical (unpaired) electrons. The number of rotatable bonds is 2. The van der Waals surface area contributed by atoms with Gasteiger partial charge in [0.1, 0.15) is 17.6 Å². The molecule has 2 heterocycles. The van der Waals surface area contributed by atoms with Crippen LogP contribution in [0.4, 0.5) is 0 Å². The highest BCUT2D eigenvalue weighted by molar-refractivity contribution is 8.00. The van der Waals surface area contributed by atoms with Crippen molar-refractivity contribution >= 4 is 11.8 Å². The minimum Gasteiger partial charge on any atom is -0.354 e. The van der Waals surface area contributed by atoms with Crippen LogP contribution in [0.15, 0.2) is 47.4 Å². The van der Waals surface area contributed by atoms with Gasteiger partial charge in [-0.15, -0.1) is 0 Å². The quantitative estimate of drug-likeness (QED) is 0.776. The molecule has 0 bridgehead atoms. The van der Waals surface area contributed by atoms with Gasteiger partial charge in [0.25, 0.3) is 0 Å². The van der Waals surface area contributed by atoms with Crippen molar-refractivity contribution in [3.63, 3.8) is 0 Å². The largest absolute Gasteiger partial charge is 0.354 e. The lowest BCUT2D eigenvalue weighted by molar-refractivity contribution is -0.302. The van der Waals surface area contributed by atoms with E-state index >= 15 is 0 Å². The van der Waals surface area contributed by atoms with Gasteiger partial charge in [-0.05, 0) is 32.1 Å². The Balaban J connectivity index is 1.65. The minimum atomic E-state index is -0.520. The highest BCUT2D eigenvalue weighted by Gasteiger charge is 2.38. The van der Waals surface area contributed by atoms with Gasteiger partial charge < -0.3 is 14.2 Å². The summed E-state index contributed by atoms with van der Waals surface area (Å²) in [6.07, 6.45) is 4.15. The van der Waals surface area contributed by atoms with Gasteiger partial charge in [-0.2, -0.15) is 0 Å². The Morgan fingerprint density at radius 2 is 1.95 bits per heavy atom. The standard InChI is InChI=1S/C15H18O3S/c1-15(2)16-10-13-12(18-15)8-9-14(17-13)19-11-6-4-3-5-7-11/h3-9,12-14H,10H2,1-2H3/t12-,13-,14-/m1/s1. The van der Waals surface area contributed by atoms with Crippen molar-refractivity contribution in [2.45, 2.75) is 42.2 Å². The Morgan fingerprint density at radius 3 is 2.74 bits per heavy atom. The predicted octanol–water partition coefficient (Wildman–Crippen LogP) is 3.21. The van der Waals surface area contributed by atoms with Crippen molar-refractivity contribution in [1.82, 2.24) is 0 Å². The van der Waals surface area contributed by atoms with Crippen molar-refractivity contribution in [2.75, 3.05) is 6.61 Å². The molecule has 102 valence electrons. The molecule has 19 heavy (non-hydrogen) atoms. The third-order valence-corrected chi connectivity index (χ3v) is 4.19. The van der Waals surface area contributed by atoms with E-state index in [0.717, 1.165) is 0 Å². The normalized spacial score (nSPS) is 32.8. The van der Waals surface area contributed by atoms with E-state index in [1.165, 1.54) is 4.90 Å². The second-order valence-electron chi connectivity index (χ2n) is 5.15. The van der Waals surface area contributed by atoms with Crippen LogP contribution >= 0.6 is 11.8 Å². The molecule has 1 saturated heterocycles. The molecule has 0 aromatic heterocycles. The van der Waals surface area contributed by atoms with E-state index in [9.17, 15) is 0 Å². The van der Waals surface area contributed by atoms with E-state index in [2.05, 4.69) is 24.3 Å². The maximum Gasteiger partial charge on any atom is 0.163 e. The lowest BCUT2D eigenvalue weighted by Crippen LogP contribution is -2.51. The van der Waals surface area contributed by atoms with Gasteiger partial charge in [-0.25, -0.2) is 0 Å². The number of ether oxygens (including phenoxy) is 3. The molecule has 1 aromatic rings. The maximum absolute atomic E-state index is 6.01. The second-order valence-corrected chi connectivity index (χ2v) is 6.32. The minimum absolute atomic E-state index is 0.00336. The van der Waals surface area contributed by atoms with Gasteiger partial charge in [0.15, 0.2) is 5.79 Å². The second kappa shape index (κ2) is 5.29. The van der Waals surface area contributed by atoms with Gasteiger partial charge in [0.2, 0.25) is 0 Å². The van der Waals surface area contributed by atoms with Crippen LogP contribution in [0, 0.1) is 0 Å². The summed E-state index contributed by atoms with van der Waals surface area (Å²) in [7, 11) is 0. The van der Waals surface area contributed by atoms with Crippen LogP contribution in [0.2, 0.25) is 0 Å². The average Bonchev–Trinajstić information content (AvgIpc) is 2.39. The third-order valence-electron chi connectivity index (χ3n) is 3.14. The van der Waals surface area contributed by atoms with Gasteiger partial charge in [0.05, 0.1) is 6.61 Å². The molecular weight excluding hydrogens is 260 g/mol. The Hall–Kier alpha value is -0.810. The molecule has 2 aliphatic rings. The topological polar surface area (TPSA) is 27.7 Å². The molecule has 0 unspecified atom stereocenters. The zero-order valence-electron chi connectivity index (χ0n) is 11.1. The summed E-state index contributed by atoms with van der Waals surface area (Å²) in [6, 6.07) is 10.3. The van der Waals surface area contributed by atoms with E-state index in [1.807, 2.05) is 32.0 Å². The fourth-order valence-corrected chi connectivity index (χ4v) is 3.16. The van der Waals surface area contributed by atoms with Crippen LogP contribution in [-0.2, 0) is 14.2 Å². The first-order valence-electron chi connectivity index (χ1n) is 6.50. The summed E-state index contributed by atoms with van der Waals surface area (Å²) >= 11 is 1.70. The first-order valence-corrected chi connectivity index (χ1v) is 7.38. The summed E-state index contributed by atoms with van der Waals surface area (Å²) in [4.78, 5) is 1.20. The number of benzene rings is 1. The Bertz CT molecular complexity index is 458. The smallest absolute Gasteiger partial charge is 0.163 e. The monoisotopic (exact) mass is 278 g/mol. The average molecular weight is 278 g/mol. The summed E-state index contributed by atoms with van der Waals surface area (Å²) in [5.41, 5.74) is 0.0251. The molecule has 0 spiro atoms. The van der Waals surface area contributed by atoms with Crippen LogP contribution in [0.1, 0.15) is 13.8 Å². The van der Waals surface area contributed by atoms with E-state index in [4.69, 9.17) is 14.2 Å². The highest BCUT2D eigenvalue weighted by Crippen LogP contribution is 2.33. The third kappa shape index (κ3) is 3.20. The summed E-state index contributed by atoms with van der Waals surface area (Å²) < 4.78 is 17.5. The van der Waals surface area contributed by atoms with Gasteiger partial charge in [-0.1, -0.05) is 36.0 Å². The molecule has 0 saturated carbocycles. The van der Waals surface area contributed by atoms with E-state index in [0.29, 0.717) is 6.61 Å². The van der Waals surface area contributed by atoms with Crippen molar-refractivity contribution in [2.24, 2.45) is 0 Å². The predicted molar refractivity (Wildman–Crippen MR) is 75.0 cm³/mol. The molecule has 2 aliphatic heterocycles. The fourth-order valence-electron chi connectivity index (χ4n) is 2.21. The van der Waals surface area contributed by atoms with Gasteiger partial charge in [0, 0.05) is 4.90 Å². The van der Waals surface area contributed by atoms with Crippen molar-refractivity contribution in [3.8, 4) is 0 Å². The summed E-state index contributed by atoms with van der Waals surface area (Å²) in [6.45, 7) is 4.44. The molecular formula is C15H18O3S. The van der Waals surface area contributed by atoms with Crippen LogP contribution in [0.5, 0.6) is 0 Å². The van der Waals surface area contributed by atoms with Crippen molar-refractivity contribution in [1.29, 1.82) is 0 Å². The van der Waals surface area contributed by atoms with Gasteiger partial charge >= 0.3 is 0 Å². The summed E-state index contributed by atoms with van der Waals surface area (Å²) in [5.74, 6) is -0.520. The molecule has 4 heteroatoms. The first-order chi connectivity index (χ1) is 9.12. The molecule has 3 atom stereocenters. The van der Waals surface area contributed by atoms with E-state index < -0.39 is 5.79 Å². The zero-order valence-corrected chi connectivity index (χ0v) is 11.9. The van der Waals surface area contributed by atoms with Crippen LogP contribution in [0.3, 0.4) is 0 Å². The van der Waals surface area contributed by atoms with Crippen molar-refractivity contribution < 1.29 is 14.2 Å². The SMILES string of the molecule is CC1(C)OC[C@H]2O[C@H](Sc3ccccc3)C=C[C@H]2O1. The molecule has 3 nitrogen and oxygen atoms in total. The van der Waals surface area contributed by atoms with E-state index in [-0.39, 0.29) is 17.6 Å². The molecule has 3 rings (SSSR count). The fraction of sp³-hybridized carbons (Fsp3) is 0.467. The van der Waals surface area contributed by atoms with Crippen molar-refractivity contribution in [3.05, 3.63) is 42.5 Å². The Morgan fingerprint density at radius 1 is 1.16 bits per heavy atom. The number of fused-ring (bicyclic) bond motifs is 1.